The highest BCUT2D eigenvalue weighted by Gasteiger charge is 2.58. The summed E-state index contributed by atoms with van der Waals surface area (Å²) in [7, 11) is 0. The van der Waals surface area contributed by atoms with Crippen LogP contribution in [0.4, 0.5) is 4.79 Å². The number of epoxide rings is 1. The number of amides is 1. The Morgan fingerprint density at radius 3 is 2.75 bits per heavy atom. The zero-order valence-electron chi connectivity index (χ0n) is 16.4. The molecule has 0 aromatic carbocycles. The standard InChI is InChI=1S/C18H27N5O5/c1-18(2,3)28-17(24)21-7-10(8-21)6-13-19-20-14(26-13)12-5-4-11-9-22(12)15-16(27-15)23(11)25/h10-12,15-16,25H,4-9H2,1-3H3. The van der Waals surface area contributed by atoms with Gasteiger partial charge in [0.05, 0.1) is 12.1 Å². The van der Waals surface area contributed by atoms with Crippen molar-refractivity contribution in [3.05, 3.63) is 11.8 Å². The zero-order valence-corrected chi connectivity index (χ0v) is 16.4. The van der Waals surface area contributed by atoms with Crippen molar-refractivity contribution in [2.75, 3.05) is 19.6 Å². The second-order valence-electron chi connectivity index (χ2n) is 9.23. The van der Waals surface area contributed by atoms with Gasteiger partial charge in [-0.25, -0.2) is 4.79 Å². The van der Waals surface area contributed by atoms with Crippen molar-refractivity contribution in [2.45, 2.75) is 70.2 Å². The van der Waals surface area contributed by atoms with E-state index in [2.05, 4.69) is 15.1 Å². The lowest BCUT2D eigenvalue weighted by Gasteiger charge is -2.42. The molecule has 28 heavy (non-hydrogen) atoms. The second-order valence-corrected chi connectivity index (χ2v) is 9.23. The van der Waals surface area contributed by atoms with E-state index in [0.717, 1.165) is 19.4 Å². The minimum Gasteiger partial charge on any atom is -0.444 e. The Kier molecular flexibility index (Phi) is 4.17. The van der Waals surface area contributed by atoms with Gasteiger partial charge in [-0.2, -0.15) is 5.06 Å². The smallest absolute Gasteiger partial charge is 0.410 e. The lowest BCUT2D eigenvalue weighted by molar-refractivity contribution is -0.187. The van der Waals surface area contributed by atoms with Gasteiger partial charge < -0.3 is 24.0 Å². The average Bonchev–Trinajstić information content (AvgIpc) is 3.26. The minimum absolute atomic E-state index is 0.0425. The topological polar surface area (TPSA) is 108 Å². The molecule has 1 aromatic heterocycles. The van der Waals surface area contributed by atoms with E-state index in [1.165, 1.54) is 5.06 Å². The summed E-state index contributed by atoms with van der Waals surface area (Å²) in [6.45, 7) is 7.63. The highest BCUT2D eigenvalue weighted by molar-refractivity contribution is 5.69. The maximum Gasteiger partial charge on any atom is 0.410 e. The number of nitrogens with zero attached hydrogens (tertiary/aromatic N) is 5. The number of piperidine rings is 1. The summed E-state index contributed by atoms with van der Waals surface area (Å²) < 4.78 is 16.9. The van der Waals surface area contributed by atoms with Gasteiger partial charge in [-0.15, -0.1) is 10.2 Å². The molecule has 1 N–H and O–H groups in total. The number of piperazine rings is 1. The molecule has 2 bridgehead atoms. The molecule has 5 heterocycles. The van der Waals surface area contributed by atoms with Crippen LogP contribution < -0.4 is 0 Å². The van der Waals surface area contributed by atoms with E-state index in [0.29, 0.717) is 37.2 Å². The average molecular weight is 393 g/mol. The summed E-state index contributed by atoms with van der Waals surface area (Å²) in [6.07, 6.45) is 1.80. The van der Waals surface area contributed by atoms with Crippen molar-refractivity contribution >= 4 is 6.09 Å². The molecule has 5 atom stereocenters. The van der Waals surface area contributed by atoms with Gasteiger partial charge in [-0.1, -0.05) is 0 Å². The van der Waals surface area contributed by atoms with Gasteiger partial charge in [0.1, 0.15) is 5.60 Å². The summed E-state index contributed by atoms with van der Waals surface area (Å²) in [5.74, 6) is 1.54. The first-order valence-electron chi connectivity index (χ1n) is 9.97. The van der Waals surface area contributed by atoms with Gasteiger partial charge in [0.25, 0.3) is 0 Å². The summed E-state index contributed by atoms with van der Waals surface area (Å²) >= 11 is 0. The quantitative estimate of drug-likeness (QED) is 0.762. The number of fused-ring (bicyclic) bond motifs is 4. The Balaban J connectivity index is 1.16. The molecule has 0 aliphatic carbocycles. The molecule has 4 aliphatic rings. The van der Waals surface area contributed by atoms with Gasteiger partial charge in [-0.05, 0) is 33.6 Å². The first-order valence-corrected chi connectivity index (χ1v) is 9.97. The third kappa shape index (κ3) is 3.28. The Morgan fingerprint density at radius 1 is 1.21 bits per heavy atom. The lowest BCUT2D eigenvalue weighted by atomic mass is 9.95. The Morgan fingerprint density at radius 2 is 2.00 bits per heavy atom. The number of hydrogen-bond acceptors (Lipinski definition) is 9. The molecule has 5 unspecified atom stereocenters. The van der Waals surface area contributed by atoms with Crippen LogP contribution in [0.15, 0.2) is 4.42 Å². The summed E-state index contributed by atoms with van der Waals surface area (Å²) in [5.41, 5.74) is -0.478. The molecule has 4 fully saturated rings. The molecule has 1 amide bonds. The number of aromatic nitrogens is 2. The van der Waals surface area contributed by atoms with Gasteiger partial charge in [0.2, 0.25) is 11.8 Å². The van der Waals surface area contributed by atoms with E-state index in [4.69, 9.17) is 13.9 Å². The zero-order chi connectivity index (χ0) is 19.6. The van der Waals surface area contributed by atoms with Crippen molar-refractivity contribution in [1.82, 2.24) is 25.1 Å². The number of carbonyl (C=O) groups excluding carboxylic acids is 1. The van der Waals surface area contributed by atoms with Crippen molar-refractivity contribution < 1.29 is 23.9 Å². The predicted octanol–water partition coefficient (Wildman–Crippen LogP) is 1.37. The van der Waals surface area contributed by atoms with Crippen LogP contribution in [0.5, 0.6) is 0 Å². The van der Waals surface area contributed by atoms with E-state index in [1.54, 1.807) is 4.90 Å². The van der Waals surface area contributed by atoms with Crippen molar-refractivity contribution in [1.29, 1.82) is 0 Å². The lowest BCUT2D eigenvalue weighted by Crippen LogP contribution is -2.55. The van der Waals surface area contributed by atoms with E-state index < -0.39 is 5.60 Å². The summed E-state index contributed by atoms with van der Waals surface area (Å²) in [5, 5.41) is 19.9. The largest absolute Gasteiger partial charge is 0.444 e. The minimum atomic E-state index is -0.478. The van der Waals surface area contributed by atoms with E-state index in [-0.39, 0.29) is 30.6 Å². The summed E-state index contributed by atoms with van der Waals surface area (Å²) in [4.78, 5) is 15.9. The number of hydrogen-bond donors (Lipinski definition) is 1. The molecule has 10 heteroatoms. The number of rotatable bonds is 3. The Bertz CT molecular complexity index is 758. The number of carbonyl (C=O) groups is 1. The predicted molar refractivity (Wildman–Crippen MR) is 94.1 cm³/mol. The fraction of sp³-hybridized carbons (Fsp3) is 0.833. The molecule has 4 aliphatic heterocycles. The number of ether oxygens (including phenoxy) is 2. The molecule has 10 nitrogen and oxygen atoms in total. The maximum atomic E-state index is 12.0. The van der Waals surface area contributed by atoms with Crippen LogP contribution in [0, 0.1) is 5.92 Å². The second kappa shape index (κ2) is 6.38. The molecule has 0 radical (unpaired) electrons. The summed E-state index contributed by atoms with van der Waals surface area (Å²) in [6, 6.07) is 0.150. The van der Waals surface area contributed by atoms with Crippen LogP contribution in [-0.4, -0.2) is 80.1 Å². The molecule has 0 spiro atoms. The van der Waals surface area contributed by atoms with Gasteiger partial charge >= 0.3 is 6.09 Å². The molecule has 5 rings (SSSR count). The molecular formula is C18H27N5O5. The van der Waals surface area contributed by atoms with Crippen LogP contribution in [0.2, 0.25) is 0 Å². The van der Waals surface area contributed by atoms with Gasteiger partial charge in [-0.3, -0.25) is 4.90 Å². The molecule has 1 aromatic rings. The fourth-order valence-electron chi connectivity index (χ4n) is 4.39. The number of hydroxylamine groups is 2. The van der Waals surface area contributed by atoms with Crippen molar-refractivity contribution in [2.24, 2.45) is 5.92 Å². The Hall–Kier alpha value is -1.75. The van der Waals surface area contributed by atoms with Gasteiger partial charge in [0, 0.05) is 32.0 Å². The molecule has 154 valence electrons. The first-order chi connectivity index (χ1) is 13.3. The maximum absolute atomic E-state index is 12.0. The van der Waals surface area contributed by atoms with Gasteiger partial charge in [0.15, 0.2) is 12.5 Å². The highest BCUT2D eigenvalue weighted by atomic mass is 16.7. The van der Waals surface area contributed by atoms with E-state index in [9.17, 15) is 10.0 Å². The van der Waals surface area contributed by atoms with E-state index >= 15 is 0 Å². The highest BCUT2D eigenvalue weighted by Crippen LogP contribution is 2.45. The van der Waals surface area contributed by atoms with E-state index in [1.807, 2.05) is 20.8 Å². The normalized spacial score (nSPS) is 35.3. The molecule has 0 saturated carbocycles. The van der Waals surface area contributed by atoms with Crippen LogP contribution in [0.3, 0.4) is 0 Å². The number of likely N-dealkylation sites (tertiary alicyclic amines) is 1. The fourth-order valence-corrected chi connectivity index (χ4v) is 4.39. The van der Waals surface area contributed by atoms with Crippen LogP contribution >= 0.6 is 0 Å². The van der Waals surface area contributed by atoms with Crippen LogP contribution in [0.25, 0.3) is 0 Å². The molecular weight excluding hydrogens is 366 g/mol. The first kappa shape index (κ1) is 18.3. The van der Waals surface area contributed by atoms with Crippen LogP contribution in [0.1, 0.15) is 51.4 Å². The third-order valence-corrected chi connectivity index (χ3v) is 5.84. The molecule has 4 saturated heterocycles. The van der Waals surface area contributed by atoms with Crippen LogP contribution in [-0.2, 0) is 15.9 Å². The van der Waals surface area contributed by atoms with Crippen molar-refractivity contribution in [3.8, 4) is 0 Å². The van der Waals surface area contributed by atoms with Crippen molar-refractivity contribution in [3.63, 3.8) is 0 Å². The monoisotopic (exact) mass is 393 g/mol. The SMILES string of the molecule is CC(C)(C)OC(=O)N1CC(Cc2nnc(C3CCC4CN3C3OC3N4O)o2)C1. The Labute approximate surface area is 163 Å². The third-order valence-electron chi connectivity index (χ3n) is 5.84.